The van der Waals surface area contributed by atoms with Crippen LogP contribution in [0, 0.1) is 5.92 Å². The molecule has 0 amide bonds. The van der Waals surface area contributed by atoms with Crippen LogP contribution in [-0.2, 0) is 5.60 Å². The van der Waals surface area contributed by atoms with E-state index in [-0.39, 0.29) is 0 Å². The zero-order valence-electron chi connectivity index (χ0n) is 11.7. The van der Waals surface area contributed by atoms with E-state index < -0.39 is 5.60 Å². The molecule has 0 spiro atoms. The van der Waals surface area contributed by atoms with E-state index in [1.807, 2.05) is 30.3 Å². The molecule has 1 aliphatic carbocycles. The molecule has 1 aliphatic rings. The summed E-state index contributed by atoms with van der Waals surface area (Å²) in [5, 5.41) is 11.3. The average molecular weight is 327 g/mol. The number of hydrogen-bond acceptors (Lipinski definition) is 1. The Labute approximate surface area is 129 Å². The fourth-order valence-corrected chi connectivity index (χ4v) is 3.55. The fraction of sp³-hybridized carbons (Fsp3) is 0.294. The zero-order valence-corrected chi connectivity index (χ0v) is 13.2. The van der Waals surface area contributed by atoms with Crippen molar-refractivity contribution in [2.75, 3.05) is 0 Å². The van der Waals surface area contributed by atoms with Gasteiger partial charge in [0.25, 0.3) is 0 Å². The summed E-state index contributed by atoms with van der Waals surface area (Å²) in [7, 11) is 5.93. The first-order valence-corrected chi connectivity index (χ1v) is 7.64. The molecule has 3 rings (SSSR count). The highest BCUT2D eigenvalue weighted by molar-refractivity contribution is 9.10. The molecule has 0 aliphatic heterocycles. The topological polar surface area (TPSA) is 20.2 Å². The van der Waals surface area contributed by atoms with Crippen molar-refractivity contribution in [3.05, 3.63) is 52.0 Å². The van der Waals surface area contributed by atoms with Crippen LogP contribution >= 0.6 is 15.9 Å². The standard InChI is InChI=1S/C17H16BBrO/c1-10(2)9-17(20)15-7-11(18)3-5-13(15)14-6-4-12(19)8-16(14)17/h3-8,10,20H,9H2,1-2H3. The monoisotopic (exact) mass is 326 g/mol. The van der Waals surface area contributed by atoms with Crippen molar-refractivity contribution in [3.8, 4) is 11.1 Å². The number of hydrogen-bond donors (Lipinski definition) is 1. The third kappa shape index (κ3) is 2.04. The van der Waals surface area contributed by atoms with Gasteiger partial charge in [0, 0.05) is 4.47 Å². The Morgan fingerprint density at radius 3 is 2.35 bits per heavy atom. The Balaban J connectivity index is 2.29. The Bertz CT molecular complexity index is 627. The van der Waals surface area contributed by atoms with Crippen LogP contribution in [0.3, 0.4) is 0 Å². The second-order valence-corrected chi connectivity index (χ2v) is 6.87. The zero-order chi connectivity index (χ0) is 14.5. The molecule has 0 saturated carbocycles. The summed E-state index contributed by atoms with van der Waals surface area (Å²) in [6.45, 7) is 4.25. The number of aliphatic hydroxyl groups is 1. The van der Waals surface area contributed by atoms with Crippen molar-refractivity contribution in [1.82, 2.24) is 0 Å². The van der Waals surface area contributed by atoms with Crippen molar-refractivity contribution < 1.29 is 5.11 Å². The fourth-order valence-electron chi connectivity index (χ4n) is 3.19. The molecule has 20 heavy (non-hydrogen) atoms. The van der Waals surface area contributed by atoms with E-state index in [2.05, 4.69) is 35.8 Å². The number of halogens is 1. The minimum absolute atomic E-state index is 0.388. The van der Waals surface area contributed by atoms with Crippen LogP contribution < -0.4 is 5.46 Å². The first kappa shape index (κ1) is 13.9. The van der Waals surface area contributed by atoms with E-state index >= 15 is 0 Å². The van der Waals surface area contributed by atoms with E-state index in [1.54, 1.807) is 0 Å². The summed E-state index contributed by atoms with van der Waals surface area (Å²) in [6, 6.07) is 11.9. The predicted molar refractivity (Wildman–Crippen MR) is 87.4 cm³/mol. The van der Waals surface area contributed by atoms with Gasteiger partial charge in [-0.05, 0) is 46.7 Å². The van der Waals surface area contributed by atoms with Gasteiger partial charge in [-0.15, -0.1) is 0 Å². The van der Waals surface area contributed by atoms with Crippen molar-refractivity contribution in [2.45, 2.75) is 25.9 Å². The lowest BCUT2D eigenvalue weighted by atomic mass is 9.82. The van der Waals surface area contributed by atoms with Crippen LogP contribution in [0.5, 0.6) is 0 Å². The summed E-state index contributed by atoms with van der Waals surface area (Å²) >= 11 is 3.51. The summed E-state index contributed by atoms with van der Waals surface area (Å²) in [4.78, 5) is 0. The minimum Gasteiger partial charge on any atom is -0.380 e. The Hall–Kier alpha value is -1.06. The van der Waals surface area contributed by atoms with Gasteiger partial charge in [-0.1, -0.05) is 59.5 Å². The summed E-state index contributed by atoms with van der Waals surface area (Å²) in [6.07, 6.45) is 0.687. The molecule has 0 bridgehead atoms. The summed E-state index contributed by atoms with van der Waals surface area (Å²) in [5.74, 6) is 0.388. The van der Waals surface area contributed by atoms with Crippen LogP contribution in [0.1, 0.15) is 31.4 Å². The van der Waals surface area contributed by atoms with Crippen LogP contribution in [0.2, 0.25) is 0 Å². The lowest BCUT2D eigenvalue weighted by Gasteiger charge is -2.28. The van der Waals surface area contributed by atoms with Crippen molar-refractivity contribution >= 4 is 29.2 Å². The molecule has 100 valence electrons. The molecule has 0 saturated heterocycles. The van der Waals surface area contributed by atoms with Gasteiger partial charge in [0.05, 0.1) is 0 Å². The Morgan fingerprint density at radius 2 is 1.70 bits per heavy atom. The molecule has 0 aromatic heterocycles. The van der Waals surface area contributed by atoms with E-state index in [0.717, 1.165) is 26.7 Å². The lowest BCUT2D eigenvalue weighted by Crippen LogP contribution is -2.27. The number of fused-ring (bicyclic) bond motifs is 3. The van der Waals surface area contributed by atoms with Gasteiger partial charge in [-0.2, -0.15) is 0 Å². The lowest BCUT2D eigenvalue weighted by molar-refractivity contribution is 0.0621. The second kappa shape index (κ2) is 4.75. The smallest absolute Gasteiger partial charge is 0.116 e. The van der Waals surface area contributed by atoms with Crippen LogP contribution in [0.25, 0.3) is 11.1 Å². The van der Waals surface area contributed by atoms with Crippen LogP contribution in [0.4, 0.5) is 0 Å². The molecule has 0 heterocycles. The molecule has 2 radical (unpaired) electrons. The summed E-state index contributed by atoms with van der Waals surface area (Å²) in [5.41, 5.74) is 3.84. The van der Waals surface area contributed by atoms with Gasteiger partial charge in [-0.3, -0.25) is 0 Å². The van der Waals surface area contributed by atoms with Crippen LogP contribution in [0.15, 0.2) is 40.9 Å². The largest absolute Gasteiger partial charge is 0.380 e. The van der Waals surface area contributed by atoms with E-state index in [1.165, 1.54) is 0 Å². The first-order valence-electron chi connectivity index (χ1n) is 6.84. The average Bonchev–Trinajstić information content (AvgIpc) is 2.59. The molecule has 1 atom stereocenters. The SMILES string of the molecule is [B]c1ccc2c(c1)C(O)(CC(C)C)c1cc(Br)ccc1-2. The molecule has 3 heteroatoms. The molecule has 0 fully saturated rings. The maximum atomic E-state index is 11.3. The van der Waals surface area contributed by atoms with Gasteiger partial charge < -0.3 is 5.11 Å². The molecule has 2 aromatic rings. The van der Waals surface area contributed by atoms with Gasteiger partial charge in [-0.25, -0.2) is 0 Å². The number of benzene rings is 2. The third-order valence-corrected chi connectivity index (χ3v) is 4.40. The minimum atomic E-state index is -0.946. The van der Waals surface area contributed by atoms with E-state index in [9.17, 15) is 5.11 Å². The first-order chi connectivity index (χ1) is 9.41. The molecule has 2 aromatic carbocycles. The van der Waals surface area contributed by atoms with E-state index in [4.69, 9.17) is 7.85 Å². The highest BCUT2D eigenvalue weighted by Crippen LogP contribution is 2.50. The molecular weight excluding hydrogens is 311 g/mol. The van der Waals surface area contributed by atoms with Gasteiger partial charge in [0.1, 0.15) is 13.4 Å². The van der Waals surface area contributed by atoms with Crippen molar-refractivity contribution in [1.29, 1.82) is 0 Å². The maximum absolute atomic E-state index is 11.3. The normalized spacial score (nSPS) is 20.1. The van der Waals surface area contributed by atoms with Gasteiger partial charge in [0.15, 0.2) is 0 Å². The highest BCUT2D eigenvalue weighted by atomic mass is 79.9. The van der Waals surface area contributed by atoms with E-state index in [0.29, 0.717) is 17.8 Å². The van der Waals surface area contributed by atoms with Gasteiger partial charge in [0.2, 0.25) is 0 Å². The highest BCUT2D eigenvalue weighted by Gasteiger charge is 2.41. The quantitative estimate of drug-likeness (QED) is 0.837. The Morgan fingerprint density at radius 1 is 1.10 bits per heavy atom. The van der Waals surface area contributed by atoms with Gasteiger partial charge >= 0.3 is 0 Å². The van der Waals surface area contributed by atoms with Crippen LogP contribution in [-0.4, -0.2) is 13.0 Å². The number of rotatable bonds is 2. The molecule has 1 N–H and O–H groups in total. The Kier molecular flexibility index (Phi) is 3.30. The molecule has 1 unspecified atom stereocenters. The maximum Gasteiger partial charge on any atom is 0.116 e. The predicted octanol–water partition coefficient (Wildman–Crippen LogP) is 3.51. The van der Waals surface area contributed by atoms with Crippen molar-refractivity contribution in [3.63, 3.8) is 0 Å². The third-order valence-electron chi connectivity index (χ3n) is 3.91. The molecule has 1 nitrogen and oxygen atoms in total. The summed E-state index contributed by atoms with van der Waals surface area (Å²) < 4.78 is 0.985. The second-order valence-electron chi connectivity index (χ2n) is 5.95. The van der Waals surface area contributed by atoms with Crippen molar-refractivity contribution in [2.24, 2.45) is 5.92 Å². The molecular formula is C17H16BBrO.